The number of ether oxygens (including phenoxy) is 4. The molecule has 2 aliphatic rings. The van der Waals surface area contributed by atoms with Crippen LogP contribution >= 0.6 is 11.3 Å². The van der Waals surface area contributed by atoms with Crippen LogP contribution in [0.4, 0.5) is 19.1 Å². The van der Waals surface area contributed by atoms with E-state index in [0.29, 0.717) is 29.2 Å². The average Bonchev–Trinajstić information content (AvgIpc) is 3.85. The molecule has 3 aromatic rings. The number of rotatable bonds is 19. The van der Waals surface area contributed by atoms with Crippen LogP contribution in [0.1, 0.15) is 88.3 Å². The van der Waals surface area contributed by atoms with Gasteiger partial charge in [0, 0.05) is 16.8 Å². The number of oxime groups is 1. The smallest absolute Gasteiger partial charge is 0.413 e. The van der Waals surface area contributed by atoms with Crippen LogP contribution in [0, 0.1) is 0 Å². The summed E-state index contributed by atoms with van der Waals surface area (Å²) < 4.78 is 79.8. The highest BCUT2D eigenvalue weighted by molar-refractivity contribution is 7.80. The number of amides is 4. The van der Waals surface area contributed by atoms with Crippen molar-refractivity contribution in [1.82, 2.24) is 24.9 Å². The number of anilines is 1. The fraction of sp³-hybridized carbons (Fsp3) is 0.581. The Morgan fingerprint density at radius 2 is 1.65 bits per heavy atom. The van der Waals surface area contributed by atoms with Crippen molar-refractivity contribution in [2.45, 2.75) is 136 Å². The number of azide groups is 1. The topological polar surface area (TPSA) is 311 Å². The Hall–Kier alpha value is -6.61. The Balaban J connectivity index is 1.37. The predicted octanol–water partition coefficient (Wildman–Crippen LogP) is 4.91. The second-order valence-corrected chi connectivity index (χ2v) is 21.8. The first-order valence-electron chi connectivity index (χ1n) is 22.0. The number of aromatic nitrogens is 3. The Morgan fingerprint density at radius 3 is 2.23 bits per heavy atom. The molecular formula is C43H58FN11O14S2. The van der Waals surface area contributed by atoms with Gasteiger partial charge >= 0.3 is 18.2 Å². The van der Waals surface area contributed by atoms with Crippen LogP contribution in [-0.2, 0) is 61.2 Å². The number of aryl methyl sites for hydroxylation is 1. The number of β-lactam (4-membered cyclic amide) rings is 1. The van der Waals surface area contributed by atoms with Crippen LogP contribution in [0.15, 0.2) is 52.3 Å². The van der Waals surface area contributed by atoms with E-state index in [0.717, 1.165) is 11.3 Å². The van der Waals surface area contributed by atoms with Gasteiger partial charge in [-0.15, -0.1) is 16.0 Å². The summed E-state index contributed by atoms with van der Waals surface area (Å²) in [5, 5.41) is 14.0. The summed E-state index contributed by atoms with van der Waals surface area (Å²) in [4.78, 5) is 79.5. The predicted molar refractivity (Wildman–Crippen MR) is 249 cm³/mol. The van der Waals surface area contributed by atoms with Gasteiger partial charge in [-0.25, -0.2) is 32.2 Å². The number of halogens is 1. The lowest BCUT2D eigenvalue weighted by atomic mass is 9.84. The van der Waals surface area contributed by atoms with Crippen molar-refractivity contribution < 1.29 is 74.1 Å². The van der Waals surface area contributed by atoms with Gasteiger partial charge in [-0.3, -0.25) is 14.9 Å². The number of nitrogens with zero attached hydrogens (tertiary/aromatic N) is 9. The van der Waals surface area contributed by atoms with E-state index < -0.39 is 92.8 Å². The first-order chi connectivity index (χ1) is 32.7. The van der Waals surface area contributed by atoms with Crippen LogP contribution in [-0.4, -0.2) is 135 Å². The number of esters is 1. The molecule has 0 aliphatic carbocycles. The van der Waals surface area contributed by atoms with E-state index in [2.05, 4.69) is 35.1 Å². The van der Waals surface area contributed by atoms with E-state index in [1.54, 1.807) is 108 Å². The zero-order chi connectivity index (χ0) is 52.9. The molecule has 388 valence electrons. The first-order valence-corrected chi connectivity index (χ1v) is 24.2. The monoisotopic (exact) mass is 1040 g/mol. The number of carbonyl (C=O) groups is 5. The molecule has 0 saturated carbocycles. The van der Waals surface area contributed by atoms with Crippen LogP contribution in [0.2, 0.25) is 0 Å². The van der Waals surface area contributed by atoms with E-state index in [1.165, 1.54) is 24.1 Å². The van der Waals surface area contributed by atoms with Crippen molar-refractivity contribution in [3.05, 3.63) is 58.2 Å². The fourth-order valence-corrected chi connectivity index (χ4v) is 7.93. The molecule has 71 heavy (non-hydrogen) atoms. The van der Waals surface area contributed by atoms with Gasteiger partial charge in [-0.1, -0.05) is 22.4 Å². The molecule has 5 rings (SSSR count). The summed E-state index contributed by atoms with van der Waals surface area (Å²) in [5.74, 6) is -2.90. The molecule has 2 atom stereocenters. The third kappa shape index (κ3) is 15.7. The SMILES string of the molecule is CC(C)(C)OC(=O)Nc1nc(/C(=N/OC(COc2ccc(-c3cn(CCCN=[N+]=[N-])[n+](CC4(F)CN(C(=O)OC(C)(C)C)C4)c3)cc2)C(=O)OC(C)(C)C)C(=O)NC2C(=O)N(OS(=O)(=O)[O-])C2(C)C)cs1. The molecule has 4 heterocycles. The standard InChI is InChI=1S/C43H58FN11O14S2/c1-39(2,3)65-35(58)30(68-50-31(29-22-70-36(47-29)49-37(59)66-40(4,5)6)33(56)48-32-34(57)55(42(32,10)11)69-71(61,62)63)21-64-28-15-13-26(14-16-28)27-19-53(18-12-17-46-51-45)54(20-27)25-43(44)23-52(24-43)38(60)67-41(7,8)9/h13-16,19-20,22,30,32H,12,17-18,21,23-25H2,1-11H3,(H2-,47,48,49,56,59,61,62,63)/b50-31-. The molecule has 0 spiro atoms. The minimum absolute atomic E-state index is 0.0430. The van der Waals surface area contributed by atoms with Crippen molar-refractivity contribution in [2.24, 2.45) is 10.3 Å². The largest absolute Gasteiger partial charge is 0.724 e. The van der Waals surface area contributed by atoms with Gasteiger partial charge in [0.1, 0.15) is 40.9 Å². The molecule has 0 bridgehead atoms. The van der Waals surface area contributed by atoms with E-state index in [1.807, 2.05) is 0 Å². The van der Waals surface area contributed by atoms with Crippen molar-refractivity contribution in [3.8, 4) is 16.9 Å². The van der Waals surface area contributed by atoms with E-state index >= 15 is 4.39 Å². The van der Waals surface area contributed by atoms with Gasteiger partial charge in [0.05, 0.1) is 36.9 Å². The molecule has 25 nitrogen and oxygen atoms in total. The highest BCUT2D eigenvalue weighted by atomic mass is 32.3. The Bertz CT molecular complexity index is 2660. The zero-order valence-electron chi connectivity index (χ0n) is 41.1. The van der Waals surface area contributed by atoms with Crippen molar-refractivity contribution in [3.63, 3.8) is 0 Å². The van der Waals surface area contributed by atoms with Gasteiger partial charge in [0.2, 0.25) is 28.8 Å². The number of thiazole rings is 1. The number of alkyl halides is 1. The number of nitrogens with one attached hydrogen (secondary N) is 2. The molecule has 0 radical (unpaired) electrons. The maximum Gasteiger partial charge on any atom is 0.413 e. The number of benzene rings is 1. The summed E-state index contributed by atoms with van der Waals surface area (Å²) in [6, 6.07) is 5.18. The summed E-state index contributed by atoms with van der Waals surface area (Å²) in [7, 11) is -5.36. The maximum atomic E-state index is 16.0. The van der Waals surface area contributed by atoms with E-state index in [4.69, 9.17) is 29.3 Å². The second-order valence-electron chi connectivity index (χ2n) is 20.0. The van der Waals surface area contributed by atoms with Crippen LogP contribution in [0.5, 0.6) is 5.75 Å². The molecule has 2 fully saturated rings. The third-order valence-corrected chi connectivity index (χ3v) is 11.0. The molecule has 2 N–H and O–H groups in total. The molecular weight excluding hydrogens is 978 g/mol. The highest BCUT2D eigenvalue weighted by Gasteiger charge is 2.58. The molecule has 28 heteroatoms. The number of hydroxylamine groups is 2. The van der Waals surface area contributed by atoms with Crippen molar-refractivity contribution >= 4 is 62.5 Å². The Morgan fingerprint density at radius 1 is 1.01 bits per heavy atom. The number of hydrogen-bond donors (Lipinski definition) is 2. The molecule has 2 aromatic heterocycles. The maximum absolute atomic E-state index is 16.0. The summed E-state index contributed by atoms with van der Waals surface area (Å²) in [6.45, 7) is 17.2. The summed E-state index contributed by atoms with van der Waals surface area (Å²) in [5.41, 5.74) is 3.38. The van der Waals surface area contributed by atoms with E-state index in [-0.39, 0.29) is 42.8 Å². The average molecular weight is 1040 g/mol. The van der Waals surface area contributed by atoms with Crippen molar-refractivity contribution in [1.29, 1.82) is 0 Å². The van der Waals surface area contributed by atoms with Gasteiger partial charge in [-0.2, -0.15) is 14.0 Å². The van der Waals surface area contributed by atoms with Crippen LogP contribution in [0.25, 0.3) is 21.6 Å². The molecule has 2 aliphatic heterocycles. The molecule has 2 unspecified atom stereocenters. The lowest BCUT2D eigenvalue weighted by Crippen LogP contribution is -2.76. The van der Waals surface area contributed by atoms with Gasteiger partial charge in [0.15, 0.2) is 10.8 Å². The minimum atomic E-state index is -5.36. The molecule has 1 aromatic carbocycles. The zero-order valence-corrected chi connectivity index (χ0v) is 42.7. The fourth-order valence-electron chi connectivity index (χ4n) is 6.81. The number of carbonyl (C=O) groups excluding carboxylic acids is 5. The second kappa shape index (κ2) is 21.4. The summed E-state index contributed by atoms with van der Waals surface area (Å²) >= 11 is 0.862. The normalized spacial score (nSPS) is 17.2. The van der Waals surface area contributed by atoms with Crippen molar-refractivity contribution in [2.75, 3.05) is 31.6 Å². The lowest BCUT2D eigenvalue weighted by Gasteiger charge is -2.51. The number of hydrogen-bond acceptors (Lipinski definition) is 18. The lowest BCUT2D eigenvalue weighted by molar-refractivity contribution is -0.785. The molecule has 2 saturated heterocycles. The quantitative estimate of drug-likeness (QED) is 0.0131. The van der Waals surface area contributed by atoms with Crippen LogP contribution in [0.3, 0.4) is 0 Å². The van der Waals surface area contributed by atoms with Crippen LogP contribution < -0.4 is 20.1 Å². The van der Waals surface area contributed by atoms with E-state index in [9.17, 15) is 36.9 Å². The van der Waals surface area contributed by atoms with Gasteiger partial charge in [0.25, 0.3) is 17.9 Å². The van der Waals surface area contributed by atoms with Gasteiger partial charge < -0.3 is 38.6 Å². The molecule has 4 amide bonds. The highest BCUT2D eigenvalue weighted by Crippen LogP contribution is 2.33. The first kappa shape index (κ1) is 55.3. The third-order valence-electron chi connectivity index (χ3n) is 9.88. The number of likely N-dealkylation sites (tertiary alicyclic amines) is 1. The Labute approximate surface area is 413 Å². The Kier molecular flexibility index (Phi) is 16.7. The van der Waals surface area contributed by atoms with Gasteiger partial charge in [-0.05, 0) is 106 Å². The summed E-state index contributed by atoms with van der Waals surface area (Å²) in [6.07, 6.45) is 0.904. The minimum Gasteiger partial charge on any atom is -0.724 e.